The summed E-state index contributed by atoms with van der Waals surface area (Å²) in [6, 6.07) is 8.88. The normalized spacial score (nSPS) is 19.5. The van der Waals surface area contributed by atoms with Crippen molar-refractivity contribution < 1.29 is 0 Å². The van der Waals surface area contributed by atoms with Gasteiger partial charge in [0.15, 0.2) is 0 Å². The summed E-state index contributed by atoms with van der Waals surface area (Å²) in [6.07, 6.45) is 4.20. The van der Waals surface area contributed by atoms with Crippen LogP contribution in [0.5, 0.6) is 0 Å². The number of alkyl halides is 1. The number of hydrogen-bond acceptors (Lipinski definition) is 0. The smallest absolute Gasteiger partial charge is 0.0423 e. The van der Waals surface area contributed by atoms with Gasteiger partial charge in [0.1, 0.15) is 0 Å². The Bertz CT molecular complexity index is 272. The minimum Gasteiger partial charge on any atom is -0.0836 e. The van der Waals surface area contributed by atoms with Crippen LogP contribution in [0.15, 0.2) is 24.3 Å². The first-order valence-corrected chi connectivity index (χ1v) is 5.89. The fourth-order valence-corrected chi connectivity index (χ4v) is 2.59. The van der Waals surface area contributed by atoms with Crippen LogP contribution < -0.4 is 0 Å². The molecule has 1 unspecified atom stereocenters. The molecule has 1 fully saturated rings. The summed E-state index contributed by atoms with van der Waals surface area (Å²) in [5, 5.41) is 0. The molecular formula is C12H15Br. The van der Waals surface area contributed by atoms with Gasteiger partial charge in [0.05, 0.1) is 0 Å². The molecule has 0 aromatic heterocycles. The van der Waals surface area contributed by atoms with Gasteiger partial charge in [0.25, 0.3) is 0 Å². The molecule has 1 heteroatoms. The first kappa shape index (κ1) is 9.26. The summed E-state index contributed by atoms with van der Waals surface area (Å²) in [7, 11) is 0. The molecule has 0 nitrogen and oxygen atoms in total. The molecule has 1 aliphatic carbocycles. The van der Waals surface area contributed by atoms with E-state index in [-0.39, 0.29) is 0 Å². The SMILES string of the molecule is Cc1ccc(C(Br)C2CCC2)cc1. The van der Waals surface area contributed by atoms with E-state index in [1.807, 2.05) is 0 Å². The first-order chi connectivity index (χ1) is 6.27. The topological polar surface area (TPSA) is 0 Å². The summed E-state index contributed by atoms with van der Waals surface area (Å²) in [5.41, 5.74) is 2.78. The van der Waals surface area contributed by atoms with Crippen molar-refractivity contribution in [2.24, 2.45) is 5.92 Å². The minimum absolute atomic E-state index is 0.585. The second-order valence-electron chi connectivity index (χ2n) is 4.00. The molecule has 1 aromatic carbocycles. The summed E-state index contributed by atoms with van der Waals surface area (Å²) in [4.78, 5) is 0.585. The zero-order valence-electron chi connectivity index (χ0n) is 7.96. The Balaban J connectivity index is 2.10. The maximum Gasteiger partial charge on any atom is 0.0423 e. The molecule has 0 spiro atoms. The predicted octanol–water partition coefficient (Wildman–Crippen LogP) is 4.23. The monoisotopic (exact) mass is 238 g/mol. The molecule has 0 bridgehead atoms. The van der Waals surface area contributed by atoms with Gasteiger partial charge in [-0.25, -0.2) is 0 Å². The Morgan fingerprint density at radius 2 is 1.85 bits per heavy atom. The maximum atomic E-state index is 3.79. The third kappa shape index (κ3) is 1.96. The highest BCUT2D eigenvalue weighted by Gasteiger charge is 2.25. The molecule has 1 atom stereocenters. The number of rotatable bonds is 2. The molecule has 1 aliphatic rings. The number of aryl methyl sites for hydroxylation is 1. The Hall–Kier alpha value is -0.300. The second-order valence-corrected chi connectivity index (χ2v) is 4.99. The molecule has 0 N–H and O–H groups in total. The van der Waals surface area contributed by atoms with E-state index in [1.165, 1.54) is 30.4 Å². The highest BCUT2D eigenvalue weighted by Crippen LogP contribution is 2.42. The van der Waals surface area contributed by atoms with Crippen molar-refractivity contribution in [1.29, 1.82) is 0 Å². The van der Waals surface area contributed by atoms with Crippen molar-refractivity contribution >= 4 is 15.9 Å². The first-order valence-electron chi connectivity index (χ1n) is 4.98. The van der Waals surface area contributed by atoms with Gasteiger partial charge in [0.2, 0.25) is 0 Å². The standard InChI is InChI=1S/C12H15Br/c1-9-5-7-11(8-6-9)12(13)10-3-2-4-10/h5-8,10,12H,2-4H2,1H3. The lowest BCUT2D eigenvalue weighted by molar-refractivity contribution is 0.312. The van der Waals surface area contributed by atoms with Gasteiger partial charge in [-0.2, -0.15) is 0 Å². The second kappa shape index (κ2) is 3.83. The molecule has 0 saturated heterocycles. The van der Waals surface area contributed by atoms with Crippen LogP contribution in [0.3, 0.4) is 0 Å². The Kier molecular flexibility index (Phi) is 2.73. The van der Waals surface area contributed by atoms with E-state index in [2.05, 4.69) is 47.1 Å². The van der Waals surface area contributed by atoms with Crippen LogP contribution in [0.25, 0.3) is 0 Å². The van der Waals surface area contributed by atoms with E-state index in [0.29, 0.717) is 4.83 Å². The molecule has 2 rings (SSSR count). The van der Waals surface area contributed by atoms with Crippen molar-refractivity contribution in [2.75, 3.05) is 0 Å². The van der Waals surface area contributed by atoms with Crippen LogP contribution in [0.4, 0.5) is 0 Å². The van der Waals surface area contributed by atoms with E-state index >= 15 is 0 Å². The van der Waals surface area contributed by atoms with Gasteiger partial charge < -0.3 is 0 Å². The maximum absolute atomic E-state index is 3.79. The van der Waals surface area contributed by atoms with Gasteiger partial charge in [-0.1, -0.05) is 52.2 Å². The van der Waals surface area contributed by atoms with Crippen LogP contribution >= 0.6 is 15.9 Å². The van der Waals surface area contributed by atoms with Crippen molar-refractivity contribution in [1.82, 2.24) is 0 Å². The Morgan fingerprint density at radius 3 is 2.31 bits per heavy atom. The van der Waals surface area contributed by atoms with Crippen LogP contribution in [-0.4, -0.2) is 0 Å². The molecule has 1 aromatic rings. The van der Waals surface area contributed by atoms with Crippen molar-refractivity contribution in [2.45, 2.75) is 31.0 Å². The lowest BCUT2D eigenvalue weighted by atomic mass is 9.81. The van der Waals surface area contributed by atoms with Gasteiger partial charge in [0, 0.05) is 4.83 Å². The lowest BCUT2D eigenvalue weighted by Gasteiger charge is -2.30. The Labute approximate surface area is 88.5 Å². The van der Waals surface area contributed by atoms with Crippen molar-refractivity contribution in [3.05, 3.63) is 35.4 Å². The molecule has 0 radical (unpaired) electrons. The fraction of sp³-hybridized carbons (Fsp3) is 0.500. The van der Waals surface area contributed by atoms with E-state index < -0.39 is 0 Å². The third-order valence-corrected chi connectivity index (χ3v) is 4.24. The van der Waals surface area contributed by atoms with E-state index in [1.54, 1.807) is 0 Å². The van der Waals surface area contributed by atoms with Crippen molar-refractivity contribution in [3.8, 4) is 0 Å². The van der Waals surface area contributed by atoms with Gasteiger partial charge in [-0.05, 0) is 31.2 Å². The largest absolute Gasteiger partial charge is 0.0836 e. The average Bonchev–Trinajstić information content (AvgIpc) is 2.02. The molecule has 0 amide bonds. The van der Waals surface area contributed by atoms with E-state index in [0.717, 1.165) is 5.92 Å². The van der Waals surface area contributed by atoms with E-state index in [4.69, 9.17) is 0 Å². The summed E-state index contributed by atoms with van der Waals surface area (Å²) in [5.74, 6) is 0.878. The van der Waals surface area contributed by atoms with Gasteiger partial charge >= 0.3 is 0 Å². The van der Waals surface area contributed by atoms with Gasteiger partial charge in [-0.15, -0.1) is 0 Å². The van der Waals surface area contributed by atoms with E-state index in [9.17, 15) is 0 Å². The van der Waals surface area contributed by atoms with Gasteiger partial charge in [-0.3, -0.25) is 0 Å². The van der Waals surface area contributed by atoms with Crippen LogP contribution in [0, 0.1) is 12.8 Å². The molecule has 0 heterocycles. The summed E-state index contributed by atoms with van der Waals surface area (Å²) < 4.78 is 0. The van der Waals surface area contributed by atoms with Crippen LogP contribution in [0.2, 0.25) is 0 Å². The fourth-order valence-electron chi connectivity index (χ4n) is 1.75. The molecule has 1 saturated carbocycles. The average molecular weight is 239 g/mol. The summed E-state index contributed by atoms with van der Waals surface area (Å²) >= 11 is 3.79. The number of halogens is 1. The Morgan fingerprint density at radius 1 is 1.23 bits per heavy atom. The zero-order chi connectivity index (χ0) is 9.26. The number of hydrogen-bond donors (Lipinski definition) is 0. The molecular weight excluding hydrogens is 224 g/mol. The van der Waals surface area contributed by atoms with Crippen LogP contribution in [0.1, 0.15) is 35.2 Å². The lowest BCUT2D eigenvalue weighted by Crippen LogP contribution is -2.16. The quantitative estimate of drug-likeness (QED) is 0.677. The predicted molar refractivity (Wildman–Crippen MR) is 60.2 cm³/mol. The minimum atomic E-state index is 0.585. The highest BCUT2D eigenvalue weighted by atomic mass is 79.9. The zero-order valence-corrected chi connectivity index (χ0v) is 9.55. The van der Waals surface area contributed by atoms with Crippen LogP contribution in [-0.2, 0) is 0 Å². The number of benzene rings is 1. The molecule has 13 heavy (non-hydrogen) atoms. The third-order valence-electron chi connectivity index (χ3n) is 2.96. The highest BCUT2D eigenvalue weighted by molar-refractivity contribution is 9.09. The molecule has 0 aliphatic heterocycles. The molecule has 70 valence electrons. The summed E-state index contributed by atoms with van der Waals surface area (Å²) in [6.45, 7) is 2.14. The van der Waals surface area contributed by atoms with Crippen molar-refractivity contribution in [3.63, 3.8) is 0 Å².